The molecule has 4 heterocycles. The van der Waals surface area contributed by atoms with Crippen molar-refractivity contribution in [2.75, 3.05) is 21.3 Å². The van der Waals surface area contributed by atoms with Gasteiger partial charge in [0.2, 0.25) is 0 Å². The number of amides is 2. The quantitative estimate of drug-likeness (QED) is 0.101. The first-order chi connectivity index (χ1) is 30.7. The van der Waals surface area contributed by atoms with E-state index in [-0.39, 0.29) is 11.8 Å². The molecule has 0 atom stereocenters. The second-order valence-corrected chi connectivity index (χ2v) is 16.3. The summed E-state index contributed by atoms with van der Waals surface area (Å²) in [4.78, 5) is 43.1. The van der Waals surface area contributed by atoms with Crippen LogP contribution in [0.3, 0.4) is 0 Å². The number of pyridine rings is 2. The molecule has 4 aromatic heterocycles. The van der Waals surface area contributed by atoms with Gasteiger partial charge in [0.15, 0.2) is 10.3 Å². The van der Waals surface area contributed by atoms with E-state index in [9.17, 15) is 9.59 Å². The standard InChI is InChI=1S/C28H22N4OS.C23H20N4OS/c1-19-12-13-24(16-25(19)31-28-32-26(18-34-28)23-11-6-14-29-17-23)30-27(33)22-10-5-9-21(15-22)20-7-3-2-4-8-20;1-15-5-3-6-17(11-15)22(28)25-19-9-8-16(2)20(12-19)26-23-27-21(14-29-23)18-7-4-10-24-13-18/h2-18H,1H3,(H,30,33)(H,31,32);3-14H,1-2H3,(H,25,28)(H,26,27). The fraction of sp³-hybridized carbons (Fsp3) is 0.0588. The van der Waals surface area contributed by atoms with E-state index in [0.29, 0.717) is 16.8 Å². The summed E-state index contributed by atoms with van der Waals surface area (Å²) in [5.41, 5.74) is 13.5. The zero-order valence-electron chi connectivity index (χ0n) is 34.7. The molecule has 5 aromatic carbocycles. The molecular formula is C51H42N8O2S2. The number of thiazole rings is 2. The van der Waals surface area contributed by atoms with Gasteiger partial charge in [0.1, 0.15) is 0 Å². The zero-order valence-corrected chi connectivity index (χ0v) is 36.3. The van der Waals surface area contributed by atoms with E-state index in [2.05, 4.69) is 41.2 Å². The first-order valence-corrected chi connectivity index (χ1v) is 21.8. The van der Waals surface area contributed by atoms with E-state index in [1.54, 1.807) is 24.8 Å². The molecule has 12 heteroatoms. The lowest BCUT2D eigenvalue weighted by atomic mass is 10.0. The van der Waals surface area contributed by atoms with Crippen LogP contribution in [0, 0.1) is 20.8 Å². The van der Waals surface area contributed by atoms with Gasteiger partial charge in [-0.05, 0) is 116 Å². The molecule has 0 unspecified atom stereocenters. The molecule has 2 amide bonds. The summed E-state index contributed by atoms with van der Waals surface area (Å²) in [5, 5.41) is 18.3. The molecule has 9 aromatic rings. The largest absolute Gasteiger partial charge is 0.331 e. The first kappa shape index (κ1) is 41.9. The number of aromatic nitrogens is 4. The van der Waals surface area contributed by atoms with Crippen LogP contribution in [0.5, 0.6) is 0 Å². The molecule has 9 rings (SSSR count). The number of carbonyl (C=O) groups excluding carboxylic acids is 2. The molecule has 0 saturated carbocycles. The number of aryl methyl sites for hydroxylation is 3. The lowest BCUT2D eigenvalue weighted by Crippen LogP contribution is -2.12. The van der Waals surface area contributed by atoms with Gasteiger partial charge in [0, 0.05) is 80.6 Å². The van der Waals surface area contributed by atoms with Crippen molar-refractivity contribution in [2.45, 2.75) is 20.8 Å². The summed E-state index contributed by atoms with van der Waals surface area (Å²) in [7, 11) is 0. The van der Waals surface area contributed by atoms with Crippen molar-refractivity contribution in [3.05, 3.63) is 203 Å². The van der Waals surface area contributed by atoms with Crippen molar-refractivity contribution in [1.82, 2.24) is 19.9 Å². The van der Waals surface area contributed by atoms with E-state index in [1.165, 1.54) is 22.7 Å². The number of rotatable bonds is 11. The molecule has 0 aliphatic carbocycles. The van der Waals surface area contributed by atoms with Crippen molar-refractivity contribution in [3.8, 4) is 33.6 Å². The smallest absolute Gasteiger partial charge is 0.255 e. The molecule has 0 saturated heterocycles. The Morgan fingerprint density at radius 3 is 1.48 bits per heavy atom. The van der Waals surface area contributed by atoms with Crippen molar-refractivity contribution >= 4 is 67.5 Å². The van der Waals surface area contributed by atoms with Crippen LogP contribution in [0.15, 0.2) is 175 Å². The Labute approximate surface area is 373 Å². The Kier molecular flexibility index (Phi) is 13.1. The van der Waals surface area contributed by atoms with E-state index < -0.39 is 0 Å². The minimum Gasteiger partial charge on any atom is -0.331 e. The summed E-state index contributed by atoms with van der Waals surface area (Å²) in [6.07, 6.45) is 7.09. The predicted molar refractivity (Wildman–Crippen MR) is 259 cm³/mol. The Bertz CT molecular complexity index is 2990. The highest BCUT2D eigenvalue weighted by atomic mass is 32.1. The Morgan fingerprint density at radius 1 is 0.476 bits per heavy atom. The highest BCUT2D eigenvalue weighted by Gasteiger charge is 2.13. The summed E-state index contributed by atoms with van der Waals surface area (Å²) in [5.74, 6) is -0.280. The minimum absolute atomic E-state index is 0.128. The summed E-state index contributed by atoms with van der Waals surface area (Å²) < 4.78 is 0. The molecule has 0 aliphatic heterocycles. The van der Waals surface area contributed by atoms with Crippen LogP contribution in [0.2, 0.25) is 0 Å². The normalized spacial score (nSPS) is 10.6. The lowest BCUT2D eigenvalue weighted by Gasteiger charge is -2.11. The first-order valence-electron chi connectivity index (χ1n) is 20.1. The number of carbonyl (C=O) groups is 2. The minimum atomic E-state index is -0.152. The molecule has 63 heavy (non-hydrogen) atoms. The predicted octanol–water partition coefficient (Wildman–Crippen LogP) is 13.0. The van der Waals surface area contributed by atoms with Crippen LogP contribution in [-0.2, 0) is 0 Å². The van der Waals surface area contributed by atoms with Gasteiger partial charge in [-0.25, -0.2) is 9.97 Å². The van der Waals surface area contributed by atoms with E-state index >= 15 is 0 Å². The van der Waals surface area contributed by atoms with E-state index in [4.69, 9.17) is 0 Å². The molecule has 0 aliphatic rings. The summed E-state index contributed by atoms with van der Waals surface area (Å²) in [6, 6.07) is 44.6. The maximum atomic E-state index is 13.0. The summed E-state index contributed by atoms with van der Waals surface area (Å²) >= 11 is 3.06. The molecule has 310 valence electrons. The molecule has 0 fully saturated rings. The molecule has 0 spiro atoms. The Morgan fingerprint density at radius 2 is 0.968 bits per heavy atom. The van der Waals surface area contributed by atoms with Crippen molar-refractivity contribution in [1.29, 1.82) is 0 Å². The lowest BCUT2D eigenvalue weighted by molar-refractivity contribution is 0.101. The van der Waals surface area contributed by atoms with E-state index in [0.717, 1.165) is 77.7 Å². The van der Waals surface area contributed by atoms with Crippen LogP contribution >= 0.6 is 22.7 Å². The van der Waals surface area contributed by atoms with Crippen molar-refractivity contribution in [3.63, 3.8) is 0 Å². The van der Waals surface area contributed by atoms with Crippen LogP contribution in [0.4, 0.5) is 33.0 Å². The number of hydrogen-bond donors (Lipinski definition) is 4. The van der Waals surface area contributed by atoms with Gasteiger partial charge < -0.3 is 21.3 Å². The molecule has 10 nitrogen and oxygen atoms in total. The van der Waals surface area contributed by atoms with Crippen molar-refractivity contribution < 1.29 is 9.59 Å². The summed E-state index contributed by atoms with van der Waals surface area (Å²) in [6.45, 7) is 6.01. The molecule has 0 bridgehead atoms. The fourth-order valence-electron chi connectivity index (χ4n) is 6.52. The number of hydrogen-bond acceptors (Lipinski definition) is 10. The SMILES string of the molecule is Cc1ccc(NC(=O)c2cccc(-c3ccccc3)c2)cc1Nc1nc(-c2cccnc2)cs1.Cc1cccc(C(=O)Nc2ccc(C)c(Nc3nc(-c4cccnc4)cs3)c2)c1. The van der Waals surface area contributed by atoms with Crippen LogP contribution in [0.25, 0.3) is 33.6 Å². The second kappa shape index (κ2) is 19.7. The van der Waals surface area contributed by atoms with Gasteiger partial charge in [0.25, 0.3) is 11.8 Å². The number of benzene rings is 5. The molecule has 0 radical (unpaired) electrons. The number of nitrogens with zero attached hydrogens (tertiary/aromatic N) is 4. The average Bonchev–Trinajstić information content (AvgIpc) is 4.00. The highest BCUT2D eigenvalue weighted by molar-refractivity contribution is 7.14. The molecular weight excluding hydrogens is 821 g/mol. The number of anilines is 6. The topological polar surface area (TPSA) is 134 Å². The van der Waals surface area contributed by atoms with Crippen LogP contribution in [0.1, 0.15) is 37.4 Å². The monoisotopic (exact) mass is 862 g/mol. The third kappa shape index (κ3) is 10.9. The van der Waals surface area contributed by atoms with Gasteiger partial charge >= 0.3 is 0 Å². The third-order valence-corrected chi connectivity index (χ3v) is 11.4. The highest BCUT2D eigenvalue weighted by Crippen LogP contribution is 2.31. The maximum Gasteiger partial charge on any atom is 0.255 e. The fourth-order valence-corrected chi connectivity index (χ4v) is 7.98. The Balaban J connectivity index is 0.000000175. The van der Waals surface area contributed by atoms with Crippen LogP contribution in [-0.4, -0.2) is 31.8 Å². The maximum absolute atomic E-state index is 13.0. The Hall–Kier alpha value is -7.80. The van der Waals surface area contributed by atoms with Gasteiger partial charge in [-0.3, -0.25) is 19.6 Å². The third-order valence-electron chi connectivity index (χ3n) is 9.91. The van der Waals surface area contributed by atoms with Gasteiger partial charge in [-0.2, -0.15) is 0 Å². The van der Waals surface area contributed by atoms with Crippen molar-refractivity contribution in [2.24, 2.45) is 0 Å². The van der Waals surface area contributed by atoms with Gasteiger partial charge in [-0.1, -0.05) is 72.3 Å². The molecule has 4 N–H and O–H groups in total. The van der Waals surface area contributed by atoms with Gasteiger partial charge in [0.05, 0.1) is 11.4 Å². The van der Waals surface area contributed by atoms with Gasteiger partial charge in [-0.15, -0.1) is 22.7 Å². The average molecular weight is 863 g/mol. The van der Waals surface area contributed by atoms with Crippen LogP contribution < -0.4 is 21.3 Å². The second-order valence-electron chi connectivity index (χ2n) is 14.6. The zero-order chi connectivity index (χ0) is 43.5. The number of nitrogens with one attached hydrogen (secondary N) is 4. The van der Waals surface area contributed by atoms with E-state index in [1.807, 2.05) is 171 Å².